The van der Waals surface area contributed by atoms with Crippen molar-refractivity contribution in [2.24, 2.45) is 0 Å². The van der Waals surface area contributed by atoms with Crippen molar-refractivity contribution in [2.75, 3.05) is 19.5 Å². The second-order valence-corrected chi connectivity index (χ2v) is 6.34. The van der Waals surface area contributed by atoms with E-state index in [1.54, 1.807) is 25.4 Å². The molecule has 0 saturated heterocycles. The maximum atomic E-state index is 14.6. The van der Waals surface area contributed by atoms with Crippen LogP contribution >= 0.6 is 0 Å². The van der Waals surface area contributed by atoms with E-state index in [9.17, 15) is 8.78 Å². The van der Waals surface area contributed by atoms with E-state index < -0.39 is 11.6 Å². The van der Waals surface area contributed by atoms with E-state index in [1.165, 1.54) is 18.0 Å². The third-order valence-corrected chi connectivity index (χ3v) is 4.50. The molecule has 0 aliphatic rings. The third-order valence-electron chi connectivity index (χ3n) is 4.50. The first kappa shape index (κ1) is 19.5. The number of hydrogen-bond acceptors (Lipinski definition) is 7. The van der Waals surface area contributed by atoms with Gasteiger partial charge in [0, 0.05) is 29.3 Å². The second kappa shape index (κ2) is 7.90. The highest BCUT2D eigenvalue weighted by Gasteiger charge is 2.19. The summed E-state index contributed by atoms with van der Waals surface area (Å²) in [4.78, 5) is 12.6. The molecule has 8 nitrogen and oxygen atoms in total. The van der Waals surface area contributed by atoms with Crippen molar-refractivity contribution in [1.29, 1.82) is 0 Å². The molecule has 4 rings (SSSR count). The summed E-state index contributed by atoms with van der Waals surface area (Å²) in [6.45, 7) is 1.89. The van der Waals surface area contributed by atoms with Crippen LogP contribution in [-0.2, 0) is 6.54 Å². The van der Waals surface area contributed by atoms with Gasteiger partial charge in [-0.25, -0.2) is 18.7 Å². The van der Waals surface area contributed by atoms with Gasteiger partial charge in [0.2, 0.25) is 0 Å². The zero-order valence-corrected chi connectivity index (χ0v) is 16.3. The van der Waals surface area contributed by atoms with Crippen LogP contribution in [0.15, 0.2) is 36.8 Å². The number of benzene rings is 1. The molecule has 2 N–H and O–H groups in total. The Kier molecular flexibility index (Phi) is 5.13. The van der Waals surface area contributed by atoms with Crippen molar-refractivity contribution < 1.29 is 18.3 Å². The lowest BCUT2D eigenvalue weighted by atomic mass is 10.2. The number of ether oxygens (including phenoxy) is 2. The van der Waals surface area contributed by atoms with Gasteiger partial charge in [-0.3, -0.25) is 9.67 Å². The molecule has 0 atom stereocenters. The van der Waals surface area contributed by atoms with E-state index in [4.69, 9.17) is 15.2 Å². The van der Waals surface area contributed by atoms with E-state index in [2.05, 4.69) is 20.1 Å². The molecule has 0 fully saturated rings. The number of methoxy groups -OCH3 is 1. The predicted molar refractivity (Wildman–Crippen MR) is 106 cm³/mol. The quantitative estimate of drug-likeness (QED) is 0.519. The average Bonchev–Trinajstić information content (AvgIpc) is 3.09. The summed E-state index contributed by atoms with van der Waals surface area (Å²) in [6, 6.07) is 4.03. The fourth-order valence-electron chi connectivity index (χ4n) is 3.09. The lowest BCUT2D eigenvalue weighted by Gasteiger charge is -2.09. The minimum atomic E-state index is -0.725. The summed E-state index contributed by atoms with van der Waals surface area (Å²) in [5, 5.41) is 5.15. The highest BCUT2D eigenvalue weighted by atomic mass is 19.1. The van der Waals surface area contributed by atoms with Crippen LogP contribution in [0.5, 0.6) is 11.5 Å². The number of halogens is 2. The van der Waals surface area contributed by atoms with Gasteiger partial charge in [0.05, 0.1) is 38.2 Å². The van der Waals surface area contributed by atoms with E-state index in [1.807, 2.05) is 0 Å². The molecule has 0 saturated carbocycles. The van der Waals surface area contributed by atoms with E-state index in [0.717, 1.165) is 12.1 Å². The van der Waals surface area contributed by atoms with E-state index >= 15 is 0 Å². The number of nitrogens with two attached hydrogens (primary N) is 1. The van der Waals surface area contributed by atoms with Gasteiger partial charge in [-0.2, -0.15) is 5.10 Å². The molecule has 0 aliphatic heterocycles. The zero-order chi connectivity index (χ0) is 21.3. The Morgan fingerprint density at radius 3 is 2.60 bits per heavy atom. The monoisotopic (exact) mass is 412 g/mol. The van der Waals surface area contributed by atoms with E-state index in [0.29, 0.717) is 29.0 Å². The topological polar surface area (TPSA) is 101 Å². The molecular formula is C20H18F2N6O2. The standard InChI is InChI=1S/C20H18F2N6O2/c1-3-30-11-6-14(21)13(15(22)7-11)10-28-16-8-24-5-4-12(16)18(27-28)20-25-9-17(29-2)19(23)26-20/h4-9H,3,10H2,1-2H3,(H2,23,25,26). The molecule has 1 aromatic carbocycles. The molecule has 0 amide bonds. The van der Waals surface area contributed by atoms with Crippen molar-refractivity contribution in [1.82, 2.24) is 24.7 Å². The summed E-state index contributed by atoms with van der Waals surface area (Å²) in [5.41, 5.74) is 6.72. The highest BCUT2D eigenvalue weighted by molar-refractivity contribution is 5.91. The smallest absolute Gasteiger partial charge is 0.182 e. The summed E-state index contributed by atoms with van der Waals surface area (Å²) >= 11 is 0. The Morgan fingerprint density at radius 2 is 1.93 bits per heavy atom. The summed E-state index contributed by atoms with van der Waals surface area (Å²) < 4.78 is 40.8. The number of rotatable bonds is 6. The van der Waals surface area contributed by atoms with Crippen molar-refractivity contribution in [3.05, 3.63) is 54.0 Å². The molecule has 3 heterocycles. The first-order valence-corrected chi connectivity index (χ1v) is 9.10. The minimum absolute atomic E-state index is 0.131. The largest absolute Gasteiger partial charge is 0.494 e. The van der Waals surface area contributed by atoms with Gasteiger partial charge in [0.15, 0.2) is 17.4 Å². The van der Waals surface area contributed by atoms with Gasteiger partial charge < -0.3 is 15.2 Å². The van der Waals surface area contributed by atoms with E-state index in [-0.39, 0.29) is 29.5 Å². The maximum Gasteiger partial charge on any atom is 0.182 e. The Morgan fingerprint density at radius 1 is 1.17 bits per heavy atom. The highest BCUT2D eigenvalue weighted by Crippen LogP contribution is 2.29. The molecule has 30 heavy (non-hydrogen) atoms. The third kappa shape index (κ3) is 3.47. The van der Waals surface area contributed by atoms with Crippen LogP contribution in [0.2, 0.25) is 0 Å². The minimum Gasteiger partial charge on any atom is -0.494 e. The molecule has 0 aliphatic carbocycles. The first-order valence-electron chi connectivity index (χ1n) is 9.10. The van der Waals surface area contributed by atoms with Crippen LogP contribution in [0, 0.1) is 11.6 Å². The van der Waals surface area contributed by atoms with Crippen LogP contribution in [0.25, 0.3) is 22.4 Å². The molecular weight excluding hydrogens is 394 g/mol. The molecule has 0 unspecified atom stereocenters. The van der Waals surface area contributed by atoms with Crippen molar-refractivity contribution in [3.63, 3.8) is 0 Å². The summed E-state index contributed by atoms with van der Waals surface area (Å²) in [5.74, 6) is -0.567. The maximum absolute atomic E-state index is 14.6. The van der Waals surface area contributed by atoms with Crippen LogP contribution in [0.1, 0.15) is 12.5 Å². The molecule has 10 heteroatoms. The number of pyridine rings is 1. The molecule has 154 valence electrons. The number of nitrogen functional groups attached to an aromatic ring is 1. The predicted octanol–water partition coefficient (Wildman–Crippen LogP) is 3.20. The number of fused-ring (bicyclic) bond motifs is 1. The van der Waals surface area contributed by atoms with Crippen molar-refractivity contribution >= 4 is 16.7 Å². The fraction of sp³-hybridized carbons (Fsp3) is 0.200. The van der Waals surface area contributed by atoms with Gasteiger partial charge >= 0.3 is 0 Å². The number of anilines is 1. The fourth-order valence-corrected chi connectivity index (χ4v) is 3.09. The Bertz CT molecular complexity index is 1200. The van der Waals surface area contributed by atoms with Gasteiger partial charge in [0.1, 0.15) is 23.1 Å². The van der Waals surface area contributed by atoms with Crippen LogP contribution in [-0.4, -0.2) is 38.4 Å². The molecule has 0 radical (unpaired) electrons. The van der Waals surface area contributed by atoms with Gasteiger partial charge in [0.25, 0.3) is 0 Å². The Labute approximate surface area is 170 Å². The SMILES string of the molecule is CCOc1cc(F)c(Cn2nc(-c3ncc(OC)c(N)n3)c3ccncc32)c(F)c1. The van der Waals surface area contributed by atoms with Crippen LogP contribution < -0.4 is 15.2 Å². The molecule has 4 aromatic rings. The molecule has 0 bridgehead atoms. The average molecular weight is 412 g/mol. The first-order chi connectivity index (χ1) is 14.5. The van der Waals surface area contributed by atoms with Gasteiger partial charge in [-0.15, -0.1) is 0 Å². The normalized spacial score (nSPS) is 11.1. The molecule has 0 spiro atoms. The number of aromatic nitrogens is 5. The van der Waals surface area contributed by atoms with Crippen LogP contribution in [0.4, 0.5) is 14.6 Å². The van der Waals surface area contributed by atoms with Crippen molar-refractivity contribution in [2.45, 2.75) is 13.5 Å². The summed E-state index contributed by atoms with van der Waals surface area (Å²) in [7, 11) is 1.46. The number of hydrogen-bond donors (Lipinski definition) is 1. The van der Waals surface area contributed by atoms with Crippen LogP contribution in [0.3, 0.4) is 0 Å². The Balaban J connectivity index is 1.79. The summed E-state index contributed by atoms with van der Waals surface area (Å²) in [6.07, 6.45) is 4.58. The lowest BCUT2D eigenvalue weighted by Crippen LogP contribution is -2.07. The number of nitrogens with zero attached hydrogens (tertiary/aromatic N) is 5. The second-order valence-electron chi connectivity index (χ2n) is 6.34. The Hall–Kier alpha value is -3.82. The molecule has 3 aromatic heterocycles. The lowest BCUT2D eigenvalue weighted by molar-refractivity contribution is 0.335. The van der Waals surface area contributed by atoms with Gasteiger partial charge in [-0.05, 0) is 13.0 Å². The van der Waals surface area contributed by atoms with Crippen molar-refractivity contribution in [3.8, 4) is 23.0 Å². The zero-order valence-electron chi connectivity index (χ0n) is 16.3. The van der Waals surface area contributed by atoms with Gasteiger partial charge in [-0.1, -0.05) is 0 Å².